The van der Waals surface area contributed by atoms with Crippen LogP contribution in [0.25, 0.3) is 0 Å². The second-order valence-corrected chi connectivity index (χ2v) is 10.4. The minimum absolute atomic E-state index is 0.0109. The van der Waals surface area contributed by atoms with Gasteiger partial charge >= 0.3 is 5.97 Å². The minimum atomic E-state index is -0.127. The van der Waals surface area contributed by atoms with Gasteiger partial charge in [-0.1, -0.05) is 142 Å². The zero-order chi connectivity index (χ0) is 24.2. The van der Waals surface area contributed by atoms with Gasteiger partial charge in [-0.25, -0.2) is 0 Å². The van der Waals surface area contributed by atoms with Crippen molar-refractivity contribution in [2.75, 3.05) is 6.61 Å². The third-order valence-corrected chi connectivity index (χ3v) is 6.76. The molecule has 0 heterocycles. The number of aliphatic hydroxyl groups excluding tert-OH is 1. The van der Waals surface area contributed by atoms with E-state index < -0.39 is 0 Å². The minimum Gasteiger partial charge on any atom is -0.466 e. The summed E-state index contributed by atoms with van der Waals surface area (Å²) in [5.41, 5.74) is 0. The van der Waals surface area contributed by atoms with Gasteiger partial charge in [0.25, 0.3) is 0 Å². The quantitative estimate of drug-likeness (QED) is 0.0963. The van der Waals surface area contributed by atoms with E-state index in [-0.39, 0.29) is 12.1 Å². The van der Waals surface area contributed by atoms with Crippen LogP contribution in [0.1, 0.15) is 174 Å². The van der Waals surface area contributed by atoms with Crippen molar-refractivity contribution in [3.63, 3.8) is 0 Å². The van der Waals surface area contributed by atoms with Crippen molar-refractivity contribution in [1.29, 1.82) is 0 Å². The molecule has 0 aromatic rings. The first-order valence-corrected chi connectivity index (χ1v) is 15.0. The SMILES string of the molecule is CCCCCCCCCCCCOC(=O)CCCCCCCCCCCCCCC[C@H](C)O. The molecule has 0 aliphatic rings. The summed E-state index contributed by atoms with van der Waals surface area (Å²) in [4.78, 5) is 11.8. The molecule has 0 aliphatic heterocycles. The van der Waals surface area contributed by atoms with E-state index in [1.165, 1.54) is 135 Å². The molecule has 0 radical (unpaired) electrons. The van der Waals surface area contributed by atoms with Crippen LogP contribution in [-0.2, 0) is 9.53 Å². The number of rotatable bonds is 27. The average Bonchev–Trinajstić information content (AvgIpc) is 2.79. The molecule has 198 valence electrons. The highest BCUT2D eigenvalue weighted by Gasteiger charge is 2.03. The normalized spacial score (nSPS) is 12.2. The number of aliphatic hydroxyl groups is 1. The monoisotopic (exact) mass is 468 g/mol. The standard InChI is InChI=1S/C30H60O3/c1-3-4-5-6-7-8-16-19-22-25-28-33-30(32)27-24-21-18-15-13-11-9-10-12-14-17-20-23-26-29(2)31/h29,31H,3-28H2,1-2H3/t29-/m0/s1. The van der Waals surface area contributed by atoms with Crippen LogP contribution < -0.4 is 0 Å². The molecule has 3 heteroatoms. The third kappa shape index (κ3) is 29.4. The Kier molecular flexibility index (Phi) is 27.2. The summed E-state index contributed by atoms with van der Waals surface area (Å²) in [6, 6.07) is 0. The van der Waals surface area contributed by atoms with Crippen LogP contribution in [0.15, 0.2) is 0 Å². The molecule has 0 unspecified atom stereocenters. The van der Waals surface area contributed by atoms with E-state index in [1.54, 1.807) is 0 Å². The van der Waals surface area contributed by atoms with Crippen molar-refractivity contribution in [2.45, 2.75) is 180 Å². The second-order valence-electron chi connectivity index (χ2n) is 10.4. The van der Waals surface area contributed by atoms with Gasteiger partial charge < -0.3 is 9.84 Å². The van der Waals surface area contributed by atoms with E-state index >= 15 is 0 Å². The van der Waals surface area contributed by atoms with Crippen molar-refractivity contribution < 1.29 is 14.6 Å². The summed E-state index contributed by atoms with van der Waals surface area (Å²) in [5.74, 6) is 0.0109. The smallest absolute Gasteiger partial charge is 0.305 e. The van der Waals surface area contributed by atoms with Crippen molar-refractivity contribution in [1.82, 2.24) is 0 Å². The summed E-state index contributed by atoms with van der Waals surface area (Å²) in [5, 5.41) is 9.24. The first-order valence-electron chi connectivity index (χ1n) is 15.0. The Morgan fingerprint density at radius 1 is 0.576 bits per heavy atom. The molecule has 1 atom stereocenters. The third-order valence-electron chi connectivity index (χ3n) is 6.76. The molecule has 0 aromatic heterocycles. The number of unbranched alkanes of at least 4 members (excludes halogenated alkanes) is 21. The van der Waals surface area contributed by atoms with E-state index in [9.17, 15) is 9.90 Å². The summed E-state index contributed by atoms with van der Waals surface area (Å²) in [6.45, 7) is 4.77. The Morgan fingerprint density at radius 2 is 0.939 bits per heavy atom. The van der Waals surface area contributed by atoms with E-state index in [2.05, 4.69) is 6.92 Å². The molecule has 1 N–H and O–H groups in total. The Balaban J connectivity index is 3.14. The maximum atomic E-state index is 11.8. The lowest BCUT2D eigenvalue weighted by atomic mass is 10.0. The number of ether oxygens (including phenoxy) is 1. The van der Waals surface area contributed by atoms with E-state index in [0.29, 0.717) is 13.0 Å². The maximum absolute atomic E-state index is 11.8. The number of carbonyl (C=O) groups is 1. The van der Waals surface area contributed by atoms with Crippen LogP contribution in [-0.4, -0.2) is 23.8 Å². The van der Waals surface area contributed by atoms with Gasteiger partial charge in [-0.05, 0) is 26.2 Å². The van der Waals surface area contributed by atoms with Crippen molar-refractivity contribution in [3.8, 4) is 0 Å². The Morgan fingerprint density at radius 3 is 1.36 bits per heavy atom. The first kappa shape index (κ1) is 32.4. The molecule has 0 bridgehead atoms. The highest BCUT2D eigenvalue weighted by atomic mass is 16.5. The molecule has 0 rings (SSSR count). The largest absolute Gasteiger partial charge is 0.466 e. The molecular weight excluding hydrogens is 408 g/mol. The van der Waals surface area contributed by atoms with Crippen LogP contribution >= 0.6 is 0 Å². The van der Waals surface area contributed by atoms with Crippen LogP contribution in [0.2, 0.25) is 0 Å². The maximum Gasteiger partial charge on any atom is 0.305 e. The van der Waals surface area contributed by atoms with Gasteiger partial charge in [0.1, 0.15) is 0 Å². The number of esters is 1. The lowest BCUT2D eigenvalue weighted by molar-refractivity contribution is -0.143. The van der Waals surface area contributed by atoms with Crippen LogP contribution in [0, 0.1) is 0 Å². The highest BCUT2D eigenvalue weighted by molar-refractivity contribution is 5.69. The number of carbonyl (C=O) groups excluding carboxylic acids is 1. The second kappa shape index (κ2) is 27.7. The summed E-state index contributed by atoms with van der Waals surface area (Å²) < 4.78 is 5.39. The van der Waals surface area contributed by atoms with Gasteiger partial charge in [-0.2, -0.15) is 0 Å². The van der Waals surface area contributed by atoms with Gasteiger partial charge in [0.15, 0.2) is 0 Å². The molecular formula is C30H60O3. The topological polar surface area (TPSA) is 46.5 Å². The molecule has 0 saturated heterocycles. The summed E-state index contributed by atoms with van der Waals surface area (Å²) in [6.07, 6.45) is 31.3. The number of hydrogen-bond donors (Lipinski definition) is 1. The summed E-state index contributed by atoms with van der Waals surface area (Å²) >= 11 is 0. The van der Waals surface area contributed by atoms with E-state index in [0.717, 1.165) is 19.3 Å². The van der Waals surface area contributed by atoms with Gasteiger partial charge in [0.05, 0.1) is 12.7 Å². The zero-order valence-electron chi connectivity index (χ0n) is 22.7. The predicted molar refractivity (Wildman–Crippen MR) is 144 cm³/mol. The van der Waals surface area contributed by atoms with Crippen LogP contribution in [0.3, 0.4) is 0 Å². The van der Waals surface area contributed by atoms with Gasteiger partial charge in [0, 0.05) is 6.42 Å². The molecule has 33 heavy (non-hydrogen) atoms. The van der Waals surface area contributed by atoms with E-state index in [4.69, 9.17) is 4.74 Å². The molecule has 0 spiro atoms. The predicted octanol–water partition coefficient (Wildman–Crippen LogP) is 9.68. The lowest BCUT2D eigenvalue weighted by Crippen LogP contribution is -2.05. The van der Waals surface area contributed by atoms with E-state index in [1.807, 2.05) is 6.92 Å². The fourth-order valence-electron chi connectivity index (χ4n) is 4.50. The van der Waals surface area contributed by atoms with Crippen molar-refractivity contribution in [2.24, 2.45) is 0 Å². The summed E-state index contributed by atoms with van der Waals surface area (Å²) in [7, 11) is 0. The lowest BCUT2D eigenvalue weighted by Gasteiger charge is -2.06. The Labute approximate surface area is 207 Å². The van der Waals surface area contributed by atoms with Gasteiger partial charge in [0.2, 0.25) is 0 Å². The molecule has 3 nitrogen and oxygen atoms in total. The average molecular weight is 469 g/mol. The fourth-order valence-corrected chi connectivity index (χ4v) is 4.50. The fraction of sp³-hybridized carbons (Fsp3) is 0.967. The number of hydrogen-bond acceptors (Lipinski definition) is 3. The van der Waals surface area contributed by atoms with Crippen molar-refractivity contribution >= 4 is 5.97 Å². The Bertz CT molecular complexity index is 381. The molecule has 0 saturated carbocycles. The first-order chi connectivity index (χ1) is 16.2. The highest BCUT2D eigenvalue weighted by Crippen LogP contribution is 2.14. The van der Waals surface area contributed by atoms with Gasteiger partial charge in [-0.15, -0.1) is 0 Å². The molecule has 0 aliphatic carbocycles. The van der Waals surface area contributed by atoms with Crippen molar-refractivity contribution in [3.05, 3.63) is 0 Å². The van der Waals surface area contributed by atoms with Crippen LogP contribution in [0.5, 0.6) is 0 Å². The molecule has 0 aromatic carbocycles. The van der Waals surface area contributed by atoms with Gasteiger partial charge in [-0.3, -0.25) is 4.79 Å². The molecule has 0 amide bonds. The molecule has 0 fully saturated rings. The Hall–Kier alpha value is -0.570. The zero-order valence-corrected chi connectivity index (χ0v) is 22.7. The van der Waals surface area contributed by atoms with Crippen LogP contribution in [0.4, 0.5) is 0 Å².